The van der Waals surface area contributed by atoms with Crippen LogP contribution < -0.4 is 16.4 Å². The van der Waals surface area contributed by atoms with Crippen LogP contribution in [-0.2, 0) is 7.05 Å². The molecule has 4 rings (SSSR count). The van der Waals surface area contributed by atoms with E-state index in [4.69, 9.17) is 5.73 Å². The summed E-state index contributed by atoms with van der Waals surface area (Å²) in [6.07, 6.45) is 5.33. The van der Waals surface area contributed by atoms with Crippen LogP contribution in [0.25, 0.3) is 5.65 Å². The van der Waals surface area contributed by atoms with E-state index < -0.39 is 23.9 Å². The number of hydrogen-bond acceptors (Lipinski definition) is 6. The summed E-state index contributed by atoms with van der Waals surface area (Å²) in [5, 5.41) is 14.0. The van der Waals surface area contributed by atoms with Gasteiger partial charge >= 0.3 is 0 Å². The van der Waals surface area contributed by atoms with Gasteiger partial charge in [-0.1, -0.05) is 0 Å². The Morgan fingerprint density at radius 1 is 1.45 bits per heavy atom. The molecule has 3 aromatic rings. The van der Waals surface area contributed by atoms with Crippen LogP contribution in [0, 0.1) is 0 Å². The molecule has 9 nitrogen and oxygen atoms in total. The molecule has 0 radical (unpaired) electrons. The average molecular weight is 469 g/mol. The number of alkyl halides is 2. The first-order valence-electron chi connectivity index (χ1n) is 8.99. The van der Waals surface area contributed by atoms with Crippen molar-refractivity contribution in [1.82, 2.24) is 24.4 Å². The van der Waals surface area contributed by atoms with Crippen LogP contribution in [0.2, 0.25) is 0 Å². The molecule has 0 spiro atoms. The average Bonchev–Trinajstić information content (AvgIpc) is 3.21. The maximum absolute atomic E-state index is 13.9. The number of amides is 1. The standard InChI is InChI=1S/C17H19BrF2N8O/c1-27-8-11(14(18)26-27)24-16(29)9-7-22-28-6-4-12(25-15(9)28)23-10-3-2-5-17(19,20)13(10)21/h4,6-8,10,13H,2-3,5,21H2,1H3,(H,23,25)(H,24,29)/t10-,13-/m1/s1. The van der Waals surface area contributed by atoms with Crippen LogP contribution in [0.3, 0.4) is 0 Å². The molecule has 0 unspecified atom stereocenters. The van der Waals surface area contributed by atoms with E-state index in [2.05, 4.69) is 41.7 Å². The fourth-order valence-electron chi connectivity index (χ4n) is 3.39. The van der Waals surface area contributed by atoms with Gasteiger partial charge in [0.1, 0.15) is 11.4 Å². The first-order chi connectivity index (χ1) is 13.7. The number of nitrogens with two attached hydrogens (primary N) is 1. The molecule has 2 atom stereocenters. The summed E-state index contributed by atoms with van der Waals surface area (Å²) in [5.41, 5.74) is 6.78. The third kappa shape index (κ3) is 3.81. The molecule has 154 valence electrons. The number of rotatable bonds is 4. The molecule has 1 aliphatic carbocycles. The molecule has 1 fully saturated rings. The molecular formula is C17H19BrF2N8O. The zero-order valence-electron chi connectivity index (χ0n) is 15.4. The summed E-state index contributed by atoms with van der Waals surface area (Å²) >= 11 is 3.27. The van der Waals surface area contributed by atoms with Gasteiger partial charge in [0.2, 0.25) is 0 Å². The third-order valence-electron chi connectivity index (χ3n) is 4.93. The fourth-order valence-corrected chi connectivity index (χ4v) is 3.85. The Bertz CT molecular complexity index is 1070. The highest BCUT2D eigenvalue weighted by atomic mass is 79.9. The largest absolute Gasteiger partial charge is 0.365 e. The predicted molar refractivity (Wildman–Crippen MR) is 106 cm³/mol. The van der Waals surface area contributed by atoms with Crippen molar-refractivity contribution in [1.29, 1.82) is 0 Å². The minimum atomic E-state index is -2.92. The molecule has 0 aromatic carbocycles. The van der Waals surface area contributed by atoms with E-state index in [0.29, 0.717) is 34.6 Å². The minimum absolute atomic E-state index is 0.213. The van der Waals surface area contributed by atoms with Crippen molar-refractivity contribution >= 4 is 39.0 Å². The van der Waals surface area contributed by atoms with Gasteiger partial charge in [-0.05, 0) is 34.8 Å². The lowest BCUT2D eigenvalue weighted by atomic mass is 9.87. The number of halogens is 3. The molecule has 0 saturated heterocycles. The highest BCUT2D eigenvalue weighted by molar-refractivity contribution is 9.10. The maximum Gasteiger partial charge on any atom is 0.264 e. The van der Waals surface area contributed by atoms with Gasteiger partial charge in [-0.2, -0.15) is 10.2 Å². The van der Waals surface area contributed by atoms with Gasteiger partial charge in [0.25, 0.3) is 11.8 Å². The van der Waals surface area contributed by atoms with Crippen LogP contribution >= 0.6 is 15.9 Å². The third-order valence-corrected chi connectivity index (χ3v) is 5.51. The molecule has 29 heavy (non-hydrogen) atoms. The highest BCUT2D eigenvalue weighted by Crippen LogP contribution is 2.33. The maximum atomic E-state index is 13.9. The minimum Gasteiger partial charge on any atom is -0.365 e. The second-order valence-corrected chi connectivity index (χ2v) is 7.78. The summed E-state index contributed by atoms with van der Waals surface area (Å²) < 4.78 is 31.3. The normalized spacial score (nSPS) is 21.3. The molecule has 1 aliphatic rings. The Hall–Kier alpha value is -2.60. The monoisotopic (exact) mass is 468 g/mol. The van der Waals surface area contributed by atoms with Crippen molar-refractivity contribution in [2.45, 2.75) is 37.3 Å². The summed E-state index contributed by atoms with van der Waals surface area (Å²) in [7, 11) is 1.73. The smallest absolute Gasteiger partial charge is 0.264 e. The number of carbonyl (C=O) groups is 1. The number of aromatic nitrogens is 5. The van der Waals surface area contributed by atoms with Crippen molar-refractivity contribution in [2.75, 3.05) is 10.6 Å². The lowest BCUT2D eigenvalue weighted by Gasteiger charge is -2.36. The van der Waals surface area contributed by atoms with Crippen molar-refractivity contribution < 1.29 is 13.6 Å². The van der Waals surface area contributed by atoms with E-state index in [1.54, 1.807) is 30.2 Å². The molecule has 0 bridgehead atoms. The lowest BCUT2D eigenvalue weighted by Crippen LogP contribution is -2.55. The predicted octanol–water partition coefficient (Wildman–Crippen LogP) is 2.40. The van der Waals surface area contributed by atoms with Crippen LogP contribution in [0.5, 0.6) is 0 Å². The summed E-state index contributed by atoms with van der Waals surface area (Å²) in [5.74, 6) is -2.98. The Morgan fingerprint density at radius 3 is 2.97 bits per heavy atom. The van der Waals surface area contributed by atoms with E-state index >= 15 is 0 Å². The number of nitrogens with one attached hydrogen (secondary N) is 2. The molecule has 12 heteroatoms. The van der Waals surface area contributed by atoms with Gasteiger partial charge in [0, 0.05) is 31.9 Å². The van der Waals surface area contributed by atoms with Gasteiger partial charge < -0.3 is 16.4 Å². The quantitative estimate of drug-likeness (QED) is 0.541. The van der Waals surface area contributed by atoms with Gasteiger partial charge in [-0.3, -0.25) is 9.48 Å². The van der Waals surface area contributed by atoms with Crippen LogP contribution in [0.1, 0.15) is 29.6 Å². The number of nitrogens with zero attached hydrogens (tertiary/aromatic N) is 5. The van der Waals surface area contributed by atoms with E-state index in [-0.39, 0.29) is 12.0 Å². The van der Waals surface area contributed by atoms with Crippen molar-refractivity contribution in [3.05, 3.63) is 34.8 Å². The molecule has 4 N–H and O–H groups in total. The molecule has 0 aliphatic heterocycles. The number of hydrogen-bond donors (Lipinski definition) is 3. The topological polar surface area (TPSA) is 115 Å². The molecule has 1 saturated carbocycles. The Balaban J connectivity index is 1.58. The first kappa shape index (κ1) is 19.7. The summed E-state index contributed by atoms with van der Waals surface area (Å²) in [6, 6.07) is -0.302. The molecule has 1 amide bonds. The van der Waals surface area contributed by atoms with E-state index in [0.717, 1.165) is 0 Å². The fraction of sp³-hybridized carbons (Fsp3) is 0.412. The van der Waals surface area contributed by atoms with E-state index in [1.807, 2.05) is 0 Å². The Labute approximate surface area is 172 Å². The van der Waals surface area contributed by atoms with Gasteiger partial charge in [0.15, 0.2) is 10.3 Å². The van der Waals surface area contributed by atoms with Crippen molar-refractivity contribution in [3.8, 4) is 0 Å². The number of aryl methyl sites for hydroxylation is 1. The van der Waals surface area contributed by atoms with Gasteiger partial charge in [0.05, 0.1) is 17.9 Å². The van der Waals surface area contributed by atoms with Gasteiger partial charge in [-0.25, -0.2) is 18.3 Å². The zero-order valence-corrected chi connectivity index (χ0v) is 17.0. The van der Waals surface area contributed by atoms with E-state index in [1.165, 1.54) is 10.7 Å². The molecule has 3 aromatic heterocycles. The van der Waals surface area contributed by atoms with Crippen molar-refractivity contribution in [2.24, 2.45) is 12.8 Å². The molecular weight excluding hydrogens is 450 g/mol. The zero-order chi connectivity index (χ0) is 20.8. The van der Waals surface area contributed by atoms with Crippen molar-refractivity contribution in [3.63, 3.8) is 0 Å². The first-order valence-corrected chi connectivity index (χ1v) is 9.79. The highest BCUT2D eigenvalue weighted by Gasteiger charge is 2.44. The number of anilines is 2. The number of fused-ring (bicyclic) bond motifs is 1. The second-order valence-electron chi connectivity index (χ2n) is 7.03. The summed E-state index contributed by atoms with van der Waals surface area (Å²) in [4.78, 5) is 17.1. The van der Waals surface area contributed by atoms with Crippen LogP contribution in [0.15, 0.2) is 29.3 Å². The van der Waals surface area contributed by atoms with Crippen LogP contribution in [0.4, 0.5) is 20.3 Å². The van der Waals surface area contributed by atoms with Crippen LogP contribution in [-0.4, -0.2) is 48.3 Å². The Kier molecular flexibility index (Phi) is 4.99. The summed E-state index contributed by atoms with van der Waals surface area (Å²) in [6.45, 7) is 0. The lowest BCUT2D eigenvalue weighted by molar-refractivity contribution is -0.0554. The SMILES string of the molecule is Cn1cc(NC(=O)c2cnn3ccc(N[C@@H]4CCCC(F)(F)[C@@H]4N)nc23)c(Br)n1. The van der Waals surface area contributed by atoms with Gasteiger partial charge in [-0.15, -0.1) is 0 Å². The Morgan fingerprint density at radius 2 is 2.24 bits per heavy atom. The second kappa shape index (κ2) is 7.34. The van der Waals surface area contributed by atoms with E-state index in [9.17, 15) is 13.6 Å². The molecule has 3 heterocycles. The number of carbonyl (C=O) groups excluding carboxylic acids is 1.